The predicted molar refractivity (Wildman–Crippen MR) is 74.2 cm³/mol. The molecule has 0 radical (unpaired) electrons. The maximum Gasteiger partial charge on any atom is 0.203 e. The first-order valence-corrected chi connectivity index (χ1v) is 6.80. The standard InChI is InChI=1S/C13H20N6/c1-13(2,19-6-3-4-7-19)9-15-11-12-17-16-10-18(12)8-5-14-11/h5,8,10H,3-4,6-7,9H2,1-2H3,(H,14,15). The Morgan fingerprint density at radius 1 is 1.32 bits per heavy atom. The summed E-state index contributed by atoms with van der Waals surface area (Å²) in [5.74, 6) is 0.798. The van der Waals surface area contributed by atoms with Gasteiger partial charge in [0.1, 0.15) is 6.33 Å². The van der Waals surface area contributed by atoms with E-state index in [0.29, 0.717) is 0 Å². The molecule has 0 atom stereocenters. The van der Waals surface area contributed by atoms with Crippen molar-refractivity contribution in [3.8, 4) is 0 Å². The molecule has 6 nitrogen and oxygen atoms in total. The molecule has 0 spiro atoms. The predicted octanol–water partition coefficient (Wildman–Crippen LogP) is 1.41. The fourth-order valence-electron chi connectivity index (χ4n) is 2.62. The maximum absolute atomic E-state index is 4.36. The molecule has 1 fully saturated rings. The summed E-state index contributed by atoms with van der Waals surface area (Å²) in [6.07, 6.45) is 7.92. The highest BCUT2D eigenvalue weighted by molar-refractivity contribution is 5.61. The summed E-state index contributed by atoms with van der Waals surface area (Å²) in [5, 5.41) is 11.4. The molecule has 0 aromatic carbocycles. The van der Waals surface area contributed by atoms with Gasteiger partial charge in [-0.15, -0.1) is 10.2 Å². The van der Waals surface area contributed by atoms with Crippen molar-refractivity contribution in [3.05, 3.63) is 18.7 Å². The van der Waals surface area contributed by atoms with Crippen molar-refractivity contribution in [2.75, 3.05) is 25.0 Å². The van der Waals surface area contributed by atoms with Gasteiger partial charge in [-0.05, 0) is 39.8 Å². The van der Waals surface area contributed by atoms with Crippen molar-refractivity contribution in [2.45, 2.75) is 32.2 Å². The Morgan fingerprint density at radius 2 is 2.11 bits per heavy atom. The van der Waals surface area contributed by atoms with Crippen molar-refractivity contribution < 1.29 is 0 Å². The Morgan fingerprint density at radius 3 is 2.89 bits per heavy atom. The largest absolute Gasteiger partial charge is 0.365 e. The van der Waals surface area contributed by atoms with E-state index in [1.807, 2.05) is 10.6 Å². The molecular formula is C13H20N6. The summed E-state index contributed by atoms with van der Waals surface area (Å²) in [4.78, 5) is 6.89. The Labute approximate surface area is 112 Å². The Bertz CT molecular complexity index is 555. The van der Waals surface area contributed by atoms with Crippen LogP contribution in [-0.2, 0) is 0 Å². The van der Waals surface area contributed by atoms with E-state index in [1.165, 1.54) is 25.9 Å². The van der Waals surface area contributed by atoms with Crippen molar-refractivity contribution in [1.82, 2.24) is 24.5 Å². The molecule has 6 heteroatoms. The van der Waals surface area contributed by atoms with Crippen LogP contribution in [0.5, 0.6) is 0 Å². The second-order valence-corrected chi connectivity index (χ2v) is 5.70. The van der Waals surface area contributed by atoms with Crippen molar-refractivity contribution in [1.29, 1.82) is 0 Å². The lowest BCUT2D eigenvalue weighted by molar-refractivity contribution is 0.168. The van der Waals surface area contributed by atoms with Gasteiger partial charge in [0, 0.05) is 24.5 Å². The molecule has 3 rings (SSSR count). The maximum atomic E-state index is 4.36. The van der Waals surface area contributed by atoms with E-state index in [2.05, 4.69) is 39.2 Å². The number of likely N-dealkylation sites (tertiary alicyclic amines) is 1. The van der Waals surface area contributed by atoms with Gasteiger partial charge in [-0.1, -0.05) is 0 Å². The molecule has 19 heavy (non-hydrogen) atoms. The molecular weight excluding hydrogens is 240 g/mol. The van der Waals surface area contributed by atoms with Gasteiger partial charge in [-0.25, -0.2) is 4.98 Å². The zero-order chi connectivity index (χ0) is 13.3. The smallest absolute Gasteiger partial charge is 0.203 e. The van der Waals surface area contributed by atoms with Gasteiger partial charge in [0.2, 0.25) is 5.65 Å². The van der Waals surface area contributed by atoms with Gasteiger partial charge in [0.15, 0.2) is 5.82 Å². The minimum Gasteiger partial charge on any atom is -0.365 e. The van der Waals surface area contributed by atoms with Gasteiger partial charge < -0.3 is 5.32 Å². The monoisotopic (exact) mass is 260 g/mol. The van der Waals surface area contributed by atoms with Crippen LogP contribution in [0.4, 0.5) is 5.82 Å². The second kappa shape index (κ2) is 4.77. The normalized spacial score (nSPS) is 17.2. The van der Waals surface area contributed by atoms with Crippen molar-refractivity contribution in [3.63, 3.8) is 0 Å². The Kier molecular flexibility index (Phi) is 3.10. The molecule has 3 heterocycles. The number of nitrogens with one attached hydrogen (secondary N) is 1. The first-order chi connectivity index (χ1) is 9.17. The molecule has 1 saturated heterocycles. The molecule has 2 aromatic heterocycles. The lowest BCUT2D eigenvalue weighted by atomic mass is 10.0. The van der Waals surface area contributed by atoms with E-state index in [1.54, 1.807) is 12.5 Å². The van der Waals surface area contributed by atoms with E-state index in [-0.39, 0.29) is 5.54 Å². The molecule has 0 aliphatic carbocycles. The highest BCUT2D eigenvalue weighted by Crippen LogP contribution is 2.21. The van der Waals surface area contributed by atoms with Crippen LogP contribution in [-0.4, -0.2) is 49.7 Å². The minimum absolute atomic E-state index is 0.130. The van der Waals surface area contributed by atoms with Gasteiger partial charge in [0.25, 0.3) is 0 Å². The van der Waals surface area contributed by atoms with Gasteiger partial charge in [0.05, 0.1) is 0 Å². The topological polar surface area (TPSA) is 58.4 Å². The van der Waals surface area contributed by atoms with Crippen LogP contribution in [0.2, 0.25) is 0 Å². The summed E-state index contributed by atoms with van der Waals surface area (Å²) in [6.45, 7) is 7.78. The van der Waals surface area contributed by atoms with Crippen LogP contribution < -0.4 is 5.32 Å². The lowest BCUT2D eigenvalue weighted by Crippen LogP contribution is -2.47. The van der Waals surface area contributed by atoms with Crippen LogP contribution in [0.1, 0.15) is 26.7 Å². The van der Waals surface area contributed by atoms with Gasteiger partial charge in [-0.3, -0.25) is 9.30 Å². The van der Waals surface area contributed by atoms with Crippen LogP contribution >= 0.6 is 0 Å². The zero-order valence-electron chi connectivity index (χ0n) is 11.5. The van der Waals surface area contributed by atoms with E-state index >= 15 is 0 Å². The molecule has 0 saturated carbocycles. The SMILES string of the molecule is CC(C)(CNc1nccn2cnnc12)N1CCCC1. The second-order valence-electron chi connectivity index (χ2n) is 5.70. The number of anilines is 1. The van der Waals surface area contributed by atoms with Crippen molar-refractivity contribution in [2.24, 2.45) is 0 Å². The average molecular weight is 260 g/mol. The molecule has 2 aromatic rings. The number of fused-ring (bicyclic) bond motifs is 1. The molecule has 0 amide bonds. The van der Waals surface area contributed by atoms with Crippen LogP contribution in [0, 0.1) is 0 Å². The zero-order valence-corrected chi connectivity index (χ0v) is 11.5. The van der Waals surface area contributed by atoms with Crippen LogP contribution in [0.25, 0.3) is 5.65 Å². The molecule has 1 aliphatic heterocycles. The molecule has 0 bridgehead atoms. The molecule has 1 N–H and O–H groups in total. The first kappa shape index (κ1) is 12.3. The summed E-state index contributed by atoms with van der Waals surface area (Å²) < 4.78 is 1.87. The molecule has 0 unspecified atom stereocenters. The fourth-order valence-corrected chi connectivity index (χ4v) is 2.62. The van der Waals surface area contributed by atoms with E-state index in [0.717, 1.165) is 18.0 Å². The van der Waals surface area contributed by atoms with Gasteiger partial charge in [-0.2, -0.15) is 0 Å². The fraction of sp³-hybridized carbons (Fsp3) is 0.615. The summed E-state index contributed by atoms with van der Waals surface area (Å²) >= 11 is 0. The van der Waals surface area contributed by atoms with Crippen molar-refractivity contribution >= 4 is 11.5 Å². The van der Waals surface area contributed by atoms with Crippen LogP contribution in [0.15, 0.2) is 18.7 Å². The summed E-state index contributed by atoms with van der Waals surface area (Å²) in [7, 11) is 0. The van der Waals surface area contributed by atoms with E-state index in [9.17, 15) is 0 Å². The third kappa shape index (κ3) is 2.40. The quantitative estimate of drug-likeness (QED) is 0.900. The summed E-state index contributed by atoms with van der Waals surface area (Å²) in [6, 6.07) is 0. The third-order valence-electron chi connectivity index (χ3n) is 3.87. The Balaban J connectivity index is 1.73. The number of hydrogen-bond acceptors (Lipinski definition) is 5. The first-order valence-electron chi connectivity index (χ1n) is 6.80. The molecule has 1 aliphatic rings. The number of nitrogens with zero attached hydrogens (tertiary/aromatic N) is 5. The lowest BCUT2D eigenvalue weighted by Gasteiger charge is -2.35. The number of hydrogen-bond donors (Lipinski definition) is 1. The summed E-state index contributed by atoms with van der Waals surface area (Å²) in [5.41, 5.74) is 0.908. The number of aromatic nitrogens is 4. The average Bonchev–Trinajstić information content (AvgIpc) is 3.07. The third-order valence-corrected chi connectivity index (χ3v) is 3.87. The van der Waals surface area contributed by atoms with E-state index < -0.39 is 0 Å². The molecule has 102 valence electrons. The minimum atomic E-state index is 0.130. The van der Waals surface area contributed by atoms with Gasteiger partial charge >= 0.3 is 0 Å². The van der Waals surface area contributed by atoms with E-state index in [4.69, 9.17) is 0 Å². The Hall–Kier alpha value is -1.69. The highest BCUT2D eigenvalue weighted by atomic mass is 15.3. The number of rotatable bonds is 4. The van der Waals surface area contributed by atoms with Crippen LogP contribution in [0.3, 0.4) is 0 Å². The highest BCUT2D eigenvalue weighted by Gasteiger charge is 2.28.